The molecular weight excluding hydrogens is 396 g/mol. The third kappa shape index (κ3) is 7.77. The van der Waals surface area contributed by atoms with Crippen molar-refractivity contribution in [1.82, 2.24) is 5.32 Å². The van der Waals surface area contributed by atoms with Crippen molar-refractivity contribution in [1.29, 1.82) is 0 Å². The van der Waals surface area contributed by atoms with Gasteiger partial charge in [0.1, 0.15) is 12.3 Å². The van der Waals surface area contributed by atoms with Gasteiger partial charge in [0, 0.05) is 11.3 Å². The molecule has 2 rings (SSSR count). The second kappa shape index (κ2) is 11.7. The van der Waals surface area contributed by atoms with Gasteiger partial charge >= 0.3 is 5.97 Å². The van der Waals surface area contributed by atoms with Crippen molar-refractivity contribution < 1.29 is 23.9 Å². The van der Waals surface area contributed by atoms with Gasteiger partial charge in [0.05, 0.1) is 6.61 Å². The van der Waals surface area contributed by atoms with Gasteiger partial charge in [-0.05, 0) is 68.7 Å². The number of anilines is 1. The Kier molecular flexibility index (Phi) is 9.06. The standard InChI is InChI=1S/C24H30N2O5/c1-5-6-13-30-20-11-9-19(10-12-20)24(29)25-15-22(27)31-18(4)23(28)26-21-14-16(2)7-8-17(21)3/h7-12,14,18H,5-6,13,15H2,1-4H3,(H,25,29)(H,26,28). The molecule has 2 amide bonds. The van der Waals surface area contributed by atoms with Gasteiger partial charge in [-0.2, -0.15) is 0 Å². The molecule has 1 atom stereocenters. The number of hydrogen-bond acceptors (Lipinski definition) is 5. The summed E-state index contributed by atoms with van der Waals surface area (Å²) in [5, 5.41) is 5.25. The molecule has 0 bridgehead atoms. The van der Waals surface area contributed by atoms with Crippen LogP contribution in [0.1, 0.15) is 48.2 Å². The minimum Gasteiger partial charge on any atom is -0.494 e. The molecule has 7 heteroatoms. The first-order valence-electron chi connectivity index (χ1n) is 10.4. The van der Waals surface area contributed by atoms with Crippen LogP contribution in [0, 0.1) is 13.8 Å². The Morgan fingerprint density at radius 3 is 2.42 bits per heavy atom. The van der Waals surface area contributed by atoms with Gasteiger partial charge in [0.2, 0.25) is 0 Å². The maximum atomic E-state index is 12.3. The lowest BCUT2D eigenvalue weighted by molar-refractivity contribution is -0.152. The first-order valence-corrected chi connectivity index (χ1v) is 10.4. The molecule has 0 saturated carbocycles. The Balaban J connectivity index is 1.79. The first-order chi connectivity index (χ1) is 14.8. The molecule has 7 nitrogen and oxygen atoms in total. The van der Waals surface area contributed by atoms with Gasteiger partial charge in [-0.15, -0.1) is 0 Å². The zero-order chi connectivity index (χ0) is 22.8. The van der Waals surface area contributed by atoms with Crippen LogP contribution in [-0.2, 0) is 14.3 Å². The van der Waals surface area contributed by atoms with E-state index >= 15 is 0 Å². The van der Waals surface area contributed by atoms with Crippen LogP contribution in [0.2, 0.25) is 0 Å². The fraction of sp³-hybridized carbons (Fsp3) is 0.375. The minimum atomic E-state index is -0.996. The maximum absolute atomic E-state index is 12.3. The maximum Gasteiger partial charge on any atom is 0.326 e. The monoisotopic (exact) mass is 426 g/mol. The van der Waals surface area contributed by atoms with Crippen molar-refractivity contribution in [3.8, 4) is 5.75 Å². The third-order valence-corrected chi connectivity index (χ3v) is 4.60. The van der Waals surface area contributed by atoms with Crippen LogP contribution in [0.4, 0.5) is 5.69 Å². The highest BCUT2D eigenvalue weighted by atomic mass is 16.5. The molecule has 2 aromatic carbocycles. The Bertz CT molecular complexity index is 909. The van der Waals surface area contributed by atoms with Crippen LogP contribution in [-0.4, -0.2) is 37.0 Å². The van der Waals surface area contributed by atoms with Crippen LogP contribution in [0.15, 0.2) is 42.5 Å². The summed E-state index contributed by atoms with van der Waals surface area (Å²) in [6, 6.07) is 12.4. The molecule has 0 heterocycles. The molecule has 166 valence electrons. The summed E-state index contributed by atoms with van der Waals surface area (Å²) in [6.07, 6.45) is 1.01. The number of amides is 2. The molecule has 0 aromatic heterocycles. The summed E-state index contributed by atoms with van der Waals surface area (Å²) >= 11 is 0. The fourth-order valence-electron chi connectivity index (χ4n) is 2.69. The Hall–Kier alpha value is -3.35. The Labute approximate surface area is 183 Å². The lowest BCUT2D eigenvalue weighted by atomic mass is 10.1. The van der Waals surface area contributed by atoms with Crippen molar-refractivity contribution in [2.75, 3.05) is 18.5 Å². The SMILES string of the molecule is CCCCOc1ccc(C(=O)NCC(=O)OC(C)C(=O)Nc2cc(C)ccc2C)cc1. The normalized spacial score (nSPS) is 11.4. The first kappa shape index (κ1) is 23.9. The van der Waals surface area contributed by atoms with Crippen molar-refractivity contribution in [3.05, 3.63) is 59.2 Å². The van der Waals surface area contributed by atoms with Gasteiger partial charge in [0.25, 0.3) is 11.8 Å². The van der Waals surface area contributed by atoms with E-state index in [0.29, 0.717) is 23.6 Å². The number of rotatable bonds is 10. The molecule has 0 spiro atoms. The molecule has 0 radical (unpaired) electrons. The van der Waals surface area contributed by atoms with E-state index in [0.717, 1.165) is 24.0 Å². The number of carbonyl (C=O) groups is 3. The molecule has 0 saturated heterocycles. The second-order valence-electron chi connectivity index (χ2n) is 7.35. The number of unbranched alkanes of at least 4 members (excludes halogenated alkanes) is 1. The lowest BCUT2D eigenvalue weighted by Crippen LogP contribution is -2.35. The van der Waals surface area contributed by atoms with Gasteiger partial charge < -0.3 is 20.1 Å². The van der Waals surface area contributed by atoms with Crippen LogP contribution < -0.4 is 15.4 Å². The van der Waals surface area contributed by atoms with Crippen molar-refractivity contribution >= 4 is 23.5 Å². The van der Waals surface area contributed by atoms with Gasteiger partial charge in [0.15, 0.2) is 6.10 Å². The topological polar surface area (TPSA) is 93.7 Å². The molecule has 0 aliphatic heterocycles. The smallest absolute Gasteiger partial charge is 0.326 e. The summed E-state index contributed by atoms with van der Waals surface area (Å²) in [5.41, 5.74) is 2.99. The molecule has 31 heavy (non-hydrogen) atoms. The largest absolute Gasteiger partial charge is 0.494 e. The fourth-order valence-corrected chi connectivity index (χ4v) is 2.69. The van der Waals surface area contributed by atoms with Crippen LogP contribution in [0.3, 0.4) is 0 Å². The molecular formula is C24H30N2O5. The van der Waals surface area contributed by atoms with Crippen molar-refractivity contribution in [2.45, 2.75) is 46.6 Å². The summed E-state index contributed by atoms with van der Waals surface area (Å²) in [4.78, 5) is 36.6. The molecule has 0 fully saturated rings. The van der Waals surface area contributed by atoms with Gasteiger partial charge in [-0.25, -0.2) is 0 Å². The van der Waals surface area contributed by atoms with Crippen LogP contribution >= 0.6 is 0 Å². The highest BCUT2D eigenvalue weighted by Gasteiger charge is 2.19. The number of nitrogens with one attached hydrogen (secondary N) is 2. The highest BCUT2D eigenvalue weighted by Crippen LogP contribution is 2.17. The summed E-state index contributed by atoms with van der Waals surface area (Å²) in [7, 11) is 0. The zero-order valence-corrected chi connectivity index (χ0v) is 18.5. The third-order valence-electron chi connectivity index (χ3n) is 4.60. The van der Waals surface area contributed by atoms with E-state index in [1.807, 2.05) is 32.0 Å². The molecule has 0 aliphatic rings. The molecule has 1 unspecified atom stereocenters. The molecule has 0 aliphatic carbocycles. The Morgan fingerprint density at radius 1 is 1.03 bits per heavy atom. The predicted octanol–water partition coefficient (Wildman–Crippen LogP) is 3.78. The highest BCUT2D eigenvalue weighted by molar-refractivity contribution is 5.97. The molecule has 2 aromatic rings. The minimum absolute atomic E-state index is 0.339. The number of esters is 1. The number of ether oxygens (including phenoxy) is 2. The van der Waals surface area contributed by atoms with Gasteiger partial charge in [-0.3, -0.25) is 14.4 Å². The van der Waals surface area contributed by atoms with Gasteiger partial charge in [-0.1, -0.05) is 25.5 Å². The van der Waals surface area contributed by atoms with Crippen LogP contribution in [0.5, 0.6) is 5.75 Å². The zero-order valence-electron chi connectivity index (χ0n) is 18.5. The average Bonchev–Trinajstić information content (AvgIpc) is 2.75. The number of benzene rings is 2. The molecule has 2 N–H and O–H groups in total. The lowest BCUT2D eigenvalue weighted by Gasteiger charge is -2.15. The number of carbonyl (C=O) groups excluding carboxylic acids is 3. The van der Waals surface area contributed by atoms with E-state index in [2.05, 4.69) is 17.6 Å². The van der Waals surface area contributed by atoms with Crippen LogP contribution in [0.25, 0.3) is 0 Å². The van der Waals surface area contributed by atoms with E-state index in [1.165, 1.54) is 6.92 Å². The van der Waals surface area contributed by atoms with E-state index in [4.69, 9.17) is 9.47 Å². The van der Waals surface area contributed by atoms with Crippen molar-refractivity contribution in [3.63, 3.8) is 0 Å². The van der Waals surface area contributed by atoms with E-state index < -0.39 is 23.9 Å². The van der Waals surface area contributed by atoms with E-state index in [1.54, 1.807) is 24.3 Å². The number of hydrogen-bond donors (Lipinski definition) is 2. The van der Waals surface area contributed by atoms with E-state index in [-0.39, 0.29) is 6.54 Å². The Morgan fingerprint density at radius 2 is 1.74 bits per heavy atom. The summed E-state index contributed by atoms with van der Waals surface area (Å²) in [6.45, 7) is 7.66. The predicted molar refractivity (Wildman–Crippen MR) is 119 cm³/mol. The van der Waals surface area contributed by atoms with E-state index in [9.17, 15) is 14.4 Å². The quantitative estimate of drug-likeness (QED) is 0.445. The summed E-state index contributed by atoms with van der Waals surface area (Å²) in [5.74, 6) is -0.860. The average molecular weight is 427 g/mol. The second-order valence-corrected chi connectivity index (χ2v) is 7.35. The number of aryl methyl sites for hydroxylation is 2. The summed E-state index contributed by atoms with van der Waals surface area (Å²) < 4.78 is 10.7. The van der Waals surface area contributed by atoms with Crippen molar-refractivity contribution in [2.24, 2.45) is 0 Å².